The lowest BCUT2D eigenvalue weighted by atomic mass is 10.2. The minimum atomic E-state index is -2.82. The molecule has 0 aromatic carbocycles. The summed E-state index contributed by atoms with van der Waals surface area (Å²) in [6, 6.07) is 1.48. The molecular formula is C9H10BrF2NS. The van der Waals surface area contributed by atoms with Gasteiger partial charge in [-0.25, -0.2) is 13.8 Å². The zero-order valence-electron chi connectivity index (χ0n) is 7.85. The molecule has 0 fully saturated rings. The van der Waals surface area contributed by atoms with Crippen LogP contribution in [0.3, 0.4) is 0 Å². The first-order valence-corrected chi connectivity index (χ1v) is 5.89. The summed E-state index contributed by atoms with van der Waals surface area (Å²) < 4.78 is 26.5. The standard InChI is InChI=1S/C9H10BrF2NS/c1-3-14-7-4-6(9(2,11)12)5-13-8(7)10/h4-5H,3H2,1-2H3. The predicted octanol–water partition coefficient (Wildman–Crippen LogP) is 4.07. The number of aromatic nitrogens is 1. The van der Waals surface area contributed by atoms with Crippen LogP contribution in [0.15, 0.2) is 21.8 Å². The fraction of sp³-hybridized carbons (Fsp3) is 0.444. The van der Waals surface area contributed by atoms with Crippen molar-refractivity contribution in [1.29, 1.82) is 0 Å². The highest BCUT2D eigenvalue weighted by molar-refractivity contribution is 9.10. The summed E-state index contributed by atoms with van der Waals surface area (Å²) in [4.78, 5) is 4.64. The molecule has 0 radical (unpaired) electrons. The highest BCUT2D eigenvalue weighted by atomic mass is 79.9. The average molecular weight is 282 g/mol. The Morgan fingerprint density at radius 2 is 2.21 bits per heavy atom. The molecule has 5 heteroatoms. The van der Waals surface area contributed by atoms with Gasteiger partial charge in [-0.3, -0.25) is 0 Å². The molecule has 0 aliphatic heterocycles. The van der Waals surface area contributed by atoms with Crippen LogP contribution in [0.25, 0.3) is 0 Å². The SMILES string of the molecule is CCSc1cc(C(C)(F)F)cnc1Br. The van der Waals surface area contributed by atoms with Gasteiger partial charge in [0.15, 0.2) is 0 Å². The molecule has 0 amide bonds. The van der Waals surface area contributed by atoms with Gasteiger partial charge in [-0.15, -0.1) is 11.8 Å². The quantitative estimate of drug-likeness (QED) is 0.612. The third kappa shape index (κ3) is 2.92. The van der Waals surface area contributed by atoms with Crippen molar-refractivity contribution in [1.82, 2.24) is 4.98 Å². The average Bonchev–Trinajstić information content (AvgIpc) is 2.07. The molecule has 0 spiro atoms. The summed E-state index contributed by atoms with van der Waals surface area (Å²) >= 11 is 4.71. The molecule has 1 nitrogen and oxygen atoms in total. The molecule has 1 heterocycles. The smallest absolute Gasteiger partial charge is 0.248 e. The van der Waals surface area contributed by atoms with E-state index in [1.807, 2.05) is 6.92 Å². The number of alkyl halides is 2. The maximum absolute atomic E-state index is 12.9. The summed E-state index contributed by atoms with van der Waals surface area (Å²) in [5, 5.41) is 0. The van der Waals surface area contributed by atoms with Crippen LogP contribution in [0, 0.1) is 0 Å². The van der Waals surface area contributed by atoms with E-state index in [0.29, 0.717) is 4.60 Å². The van der Waals surface area contributed by atoms with Crippen LogP contribution in [0.4, 0.5) is 8.78 Å². The molecule has 0 bridgehead atoms. The molecule has 14 heavy (non-hydrogen) atoms. The topological polar surface area (TPSA) is 12.9 Å². The molecule has 0 N–H and O–H groups in total. The first-order chi connectivity index (χ1) is 6.45. The van der Waals surface area contributed by atoms with Crippen molar-refractivity contribution in [2.75, 3.05) is 5.75 Å². The van der Waals surface area contributed by atoms with Crippen LogP contribution in [0.5, 0.6) is 0 Å². The van der Waals surface area contributed by atoms with Crippen LogP contribution >= 0.6 is 27.7 Å². The molecule has 1 aromatic heterocycles. The third-order valence-electron chi connectivity index (χ3n) is 1.61. The first kappa shape index (κ1) is 11.9. The monoisotopic (exact) mass is 281 g/mol. The van der Waals surface area contributed by atoms with Gasteiger partial charge in [0.05, 0.1) is 0 Å². The Labute approximate surface area is 94.4 Å². The van der Waals surface area contributed by atoms with Crippen molar-refractivity contribution < 1.29 is 8.78 Å². The van der Waals surface area contributed by atoms with E-state index in [0.717, 1.165) is 17.6 Å². The van der Waals surface area contributed by atoms with Crippen LogP contribution in [0.1, 0.15) is 19.4 Å². The Bertz CT molecular complexity index is 325. The summed E-state index contributed by atoms with van der Waals surface area (Å²) in [6.45, 7) is 2.84. The Kier molecular flexibility index (Phi) is 3.89. The van der Waals surface area contributed by atoms with Crippen molar-refractivity contribution in [2.24, 2.45) is 0 Å². The van der Waals surface area contributed by atoms with Crippen LogP contribution < -0.4 is 0 Å². The van der Waals surface area contributed by atoms with E-state index in [4.69, 9.17) is 0 Å². The molecule has 0 atom stereocenters. The van der Waals surface area contributed by atoms with Gasteiger partial charge in [0.25, 0.3) is 5.92 Å². The zero-order valence-corrected chi connectivity index (χ0v) is 10.3. The number of pyridine rings is 1. The second-order valence-electron chi connectivity index (χ2n) is 2.83. The van der Waals surface area contributed by atoms with E-state index < -0.39 is 5.92 Å². The molecule has 0 saturated carbocycles. The molecule has 0 unspecified atom stereocenters. The van der Waals surface area contributed by atoms with Crippen LogP contribution in [-0.2, 0) is 5.92 Å². The molecule has 1 rings (SSSR count). The summed E-state index contributed by atoms with van der Waals surface area (Å²) in [6.07, 6.45) is 1.20. The largest absolute Gasteiger partial charge is 0.272 e. The van der Waals surface area contributed by atoms with Gasteiger partial charge in [-0.2, -0.15) is 0 Å². The Hall–Kier alpha value is -0.160. The summed E-state index contributed by atoms with van der Waals surface area (Å²) in [7, 11) is 0. The number of hydrogen-bond acceptors (Lipinski definition) is 2. The molecule has 0 aliphatic carbocycles. The van der Waals surface area contributed by atoms with E-state index >= 15 is 0 Å². The van der Waals surface area contributed by atoms with E-state index in [-0.39, 0.29) is 5.56 Å². The maximum Gasteiger partial charge on any atom is 0.272 e. The number of hydrogen-bond donors (Lipinski definition) is 0. The van der Waals surface area contributed by atoms with Gasteiger partial charge in [-0.05, 0) is 27.7 Å². The lowest BCUT2D eigenvalue weighted by Crippen LogP contribution is -2.07. The Morgan fingerprint density at radius 1 is 1.57 bits per heavy atom. The summed E-state index contributed by atoms with van der Waals surface area (Å²) in [5.74, 6) is -1.99. The lowest BCUT2D eigenvalue weighted by molar-refractivity contribution is 0.0168. The minimum absolute atomic E-state index is 0.0448. The van der Waals surface area contributed by atoms with Crippen molar-refractivity contribution in [3.63, 3.8) is 0 Å². The van der Waals surface area contributed by atoms with Gasteiger partial charge in [0.1, 0.15) is 4.60 Å². The number of thioether (sulfide) groups is 1. The molecule has 0 saturated heterocycles. The van der Waals surface area contributed by atoms with E-state index in [1.54, 1.807) is 0 Å². The van der Waals surface area contributed by atoms with Gasteiger partial charge in [0, 0.05) is 23.6 Å². The van der Waals surface area contributed by atoms with E-state index in [2.05, 4.69) is 20.9 Å². The molecular weight excluding hydrogens is 272 g/mol. The second-order valence-corrected chi connectivity index (χ2v) is 4.89. The van der Waals surface area contributed by atoms with Crippen molar-refractivity contribution in [2.45, 2.75) is 24.7 Å². The molecule has 1 aromatic rings. The fourth-order valence-corrected chi connectivity index (χ4v) is 2.18. The van der Waals surface area contributed by atoms with Crippen molar-refractivity contribution in [3.05, 3.63) is 22.4 Å². The maximum atomic E-state index is 12.9. The zero-order chi connectivity index (χ0) is 10.8. The lowest BCUT2D eigenvalue weighted by Gasteiger charge is -2.11. The Balaban J connectivity index is 3.06. The van der Waals surface area contributed by atoms with Gasteiger partial charge < -0.3 is 0 Å². The van der Waals surface area contributed by atoms with Crippen molar-refractivity contribution in [3.8, 4) is 0 Å². The van der Waals surface area contributed by atoms with Crippen molar-refractivity contribution >= 4 is 27.7 Å². The number of rotatable bonds is 3. The fourth-order valence-electron chi connectivity index (χ4n) is 0.925. The normalized spacial score (nSPS) is 11.8. The van der Waals surface area contributed by atoms with Gasteiger partial charge in [-0.1, -0.05) is 6.92 Å². The van der Waals surface area contributed by atoms with Gasteiger partial charge in [0.2, 0.25) is 0 Å². The highest BCUT2D eigenvalue weighted by Crippen LogP contribution is 2.32. The number of halogens is 3. The highest BCUT2D eigenvalue weighted by Gasteiger charge is 2.25. The molecule has 78 valence electrons. The summed E-state index contributed by atoms with van der Waals surface area (Å²) in [5.41, 5.74) is -0.0448. The third-order valence-corrected chi connectivity index (χ3v) is 3.42. The Morgan fingerprint density at radius 3 is 2.71 bits per heavy atom. The molecule has 0 aliphatic rings. The number of nitrogens with zero attached hydrogens (tertiary/aromatic N) is 1. The van der Waals surface area contributed by atoms with E-state index in [1.165, 1.54) is 24.0 Å². The first-order valence-electron chi connectivity index (χ1n) is 4.11. The van der Waals surface area contributed by atoms with Crippen LogP contribution in [0.2, 0.25) is 0 Å². The van der Waals surface area contributed by atoms with Gasteiger partial charge >= 0.3 is 0 Å². The predicted molar refractivity (Wildman–Crippen MR) is 57.9 cm³/mol. The minimum Gasteiger partial charge on any atom is -0.248 e. The second kappa shape index (κ2) is 4.57. The van der Waals surface area contributed by atoms with E-state index in [9.17, 15) is 8.78 Å². The van der Waals surface area contributed by atoms with Crippen LogP contribution in [-0.4, -0.2) is 10.7 Å².